The van der Waals surface area contributed by atoms with E-state index in [0.717, 1.165) is 14.7 Å². The van der Waals surface area contributed by atoms with Gasteiger partial charge in [0.05, 0.1) is 5.52 Å². The summed E-state index contributed by atoms with van der Waals surface area (Å²) in [5, 5.41) is 0.704. The second kappa shape index (κ2) is 2.73. The van der Waals surface area contributed by atoms with Crippen molar-refractivity contribution in [2.75, 3.05) is 0 Å². The molecule has 2 aromatic rings. The molecular weight excluding hydrogens is 268 g/mol. The third-order valence-electron chi connectivity index (χ3n) is 1.94. The van der Waals surface area contributed by atoms with Gasteiger partial charge in [0.25, 0.3) is 0 Å². The fourth-order valence-electron chi connectivity index (χ4n) is 1.31. The Morgan fingerprint density at radius 1 is 1.42 bits per heavy atom. The van der Waals surface area contributed by atoms with Crippen LogP contribution < -0.4 is 0 Å². The third-order valence-corrected chi connectivity index (χ3v) is 2.80. The highest BCUT2D eigenvalue weighted by molar-refractivity contribution is 14.1. The van der Waals surface area contributed by atoms with Gasteiger partial charge in [-0.3, -0.25) is 0 Å². The maximum absolute atomic E-state index is 13.2. The molecule has 0 aliphatic heterocycles. The second-order valence-electron chi connectivity index (χ2n) is 2.75. The summed E-state index contributed by atoms with van der Waals surface area (Å²) in [6, 6.07) is 3.29. The van der Waals surface area contributed by atoms with E-state index >= 15 is 0 Å². The van der Waals surface area contributed by atoms with Crippen LogP contribution in [-0.2, 0) is 0 Å². The predicted molar refractivity (Wildman–Crippen MR) is 55.7 cm³/mol. The number of aromatic nitrogens is 1. The zero-order valence-electron chi connectivity index (χ0n) is 6.49. The Bertz CT molecular complexity index is 433. The zero-order valence-corrected chi connectivity index (χ0v) is 8.65. The lowest BCUT2D eigenvalue weighted by molar-refractivity contribution is 0.639. The molecule has 0 aliphatic carbocycles. The first-order valence-electron chi connectivity index (χ1n) is 3.62. The fraction of sp³-hybridized carbons (Fsp3) is 0.111. The maximum atomic E-state index is 13.2. The van der Waals surface area contributed by atoms with Crippen LogP contribution in [0.5, 0.6) is 0 Å². The van der Waals surface area contributed by atoms with Crippen LogP contribution in [0.15, 0.2) is 18.3 Å². The molecule has 62 valence electrons. The van der Waals surface area contributed by atoms with Crippen molar-refractivity contribution in [2.45, 2.75) is 6.92 Å². The topological polar surface area (TPSA) is 15.8 Å². The minimum absolute atomic E-state index is 0.152. The molecule has 0 unspecified atom stereocenters. The molecule has 1 aromatic heterocycles. The lowest BCUT2D eigenvalue weighted by Gasteiger charge is -1.96. The van der Waals surface area contributed by atoms with Crippen molar-refractivity contribution in [3.8, 4) is 0 Å². The minimum atomic E-state index is -0.152. The van der Waals surface area contributed by atoms with Gasteiger partial charge < -0.3 is 4.98 Å². The van der Waals surface area contributed by atoms with Gasteiger partial charge in [-0.05, 0) is 41.1 Å². The van der Waals surface area contributed by atoms with E-state index < -0.39 is 0 Å². The van der Waals surface area contributed by atoms with E-state index in [0.29, 0.717) is 5.39 Å². The normalized spacial score (nSPS) is 10.9. The predicted octanol–water partition coefficient (Wildman–Crippen LogP) is 3.22. The van der Waals surface area contributed by atoms with E-state index in [9.17, 15) is 4.39 Å². The minimum Gasteiger partial charge on any atom is -0.360 e. The SMILES string of the molecule is Cc1ccc(F)c2c(I)c[nH]c12. The zero-order chi connectivity index (χ0) is 8.72. The number of hydrogen-bond acceptors (Lipinski definition) is 0. The van der Waals surface area contributed by atoms with Crippen LogP contribution in [-0.4, -0.2) is 4.98 Å². The monoisotopic (exact) mass is 275 g/mol. The molecular formula is C9H7FIN. The molecule has 0 fully saturated rings. The van der Waals surface area contributed by atoms with Gasteiger partial charge in [0.2, 0.25) is 0 Å². The number of rotatable bonds is 0. The molecule has 1 heterocycles. The number of nitrogens with one attached hydrogen (secondary N) is 1. The van der Waals surface area contributed by atoms with Gasteiger partial charge in [0.1, 0.15) is 5.82 Å². The Kier molecular flexibility index (Phi) is 1.83. The third kappa shape index (κ3) is 1.03. The summed E-state index contributed by atoms with van der Waals surface area (Å²) in [5.74, 6) is -0.152. The molecule has 1 aromatic carbocycles. The lowest BCUT2D eigenvalue weighted by Crippen LogP contribution is -1.81. The van der Waals surface area contributed by atoms with Crippen LogP contribution in [0.1, 0.15) is 5.56 Å². The van der Waals surface area contributed by atoms with Crippen molar-refractivity contribution in [2.24, 2.45) is 0 Å². The molecule has 0 spiro atoms. The summed E-state index contributed by atoms with van der Waals surface area (Å²) in [4.78, 5) is 3.05. The maximum Gasteiger partial charge on any atom is 0.133 e. The summed E-state index contributed by atoms with van der Waals surface area (Å²) < 4.78 is 14.2. The second-order valence-corrected chi connectivity index (χ2v) is 3.91. The van der Waals surface area contributed by atoms with Crippen LogP contribution >= 0.6 is 22.6 Å². The summed E-state index contributed by atoms with van der Waals surface area (Å²) in [5.41, 5.74) is 1.98. The Morgan fingerprint density at radius 2 is 2.17 bits per heavy atom. The van der Waals surface area contributed by atoms with Crippen LogP contribution in [0.4, 0.5) is 4.39 Å². The lowest BCUT2D eigenvalue weighted by atomic mass is 10.1. The highest BCUT2D eigenvalue weighted by Crippen LogP contribution is 2.25. The van der Waals surface area contributed by atoms with Crippen LogP contribution in [0, 0.1) is 16.3 Å². The van der Waals surface area contributed by atoms with E-state index in [1.807, 2.05) is 13.1 Å². The Morgan fingerprint density at radius 3 is 2.83 bits per heavy atom. The van der Waals surface area contributed by atoms with E-state index in [4.69, 9.17) is 0 Å². The van der Waals surface area contributed by atoms with Crippen molar-refractivity contribution in [3.05, 3.63) is 33.3 Å². The molecule has 3 heteroatoms. The van der Waals surface area contributed by atoms with Crippen LogP contribution in [0.3, 0.4) is 0 Å². The summed E-state index contributed by atoms with van der Waals surface area (Å²) in [6.45, 7) is 1.97. The van der Waals surface area contributed by atoms with Gasteiger partial charge in [0.15, 0.2) is 0 Å². The number of halogens is 2. The summed E-state index contributed by atoms with van der Waals surface area (Å²) in [7, 11) is 0. The molecule has 1 nitrogen and oxygen atoms in total. The van der Waals surface area contributed by atoms with Crippen molar-refractivity contribution in [3.63, 3.8) is 0 Å². The Balaban J connectivity index is 2.98. The molecule has 2 rings (SSSR count). The van der Waals surface area contributed by atoms with Gasteiger partial charge in [-0.25, -0.2) is 4.39 Å². The van der Waals surface area contributed by atoms with Gasteiger partial charge >= 0.3 is 0 Å². The first kappa shape index (κ1) is 8.04. The molecule has 0 atom stereocenters. The molecule has 0 aliphatic rings. The van der Waals surface area contributed by atoms with Gasteiger partial charge in [-0.1, -0.05) is 6.07 Å². The highest BCUT2D eigenvalue weighted by atomic mass is 127. The average molecular weight is 275 g/mol. The number of aryl methyl sites for hydroxylation is 1. The number of benzene rings is 1. The van der Waals surface area contributed by atoms with Crippen molar-refractivity contribution < 1.29 is 4.39 Å². The molecule has 0 bridgehead atoms. The average Bonchev–Trinajstić information content (AvgIpc) is 2.42. The van der Waals surface area contributed by atoms with E-state index in [1.165, 1.54) is 6.07 Å². The molecule has 0 amide bonds. The van der Waals surface area contributed by atoms with Gasteiger partial charge in [0, 0.05) is 15.2 Å². The molecule has 0 saturated heterocycles. The van der Waals surface area contributed by atoms with Crippen molar-refractivity contribution in [1.82, 2.24) is 4.98 Å². The molecule has 1 N–H and O–H groups in total. The van der Waals surface area contributed by atoms with Gasteiger partial charge in [-0.15, -0.1) is 0 Å². The number of hydrogen-bond donors (Lipinski definition) is 1. The van der Waals surface area contributed by atoms with Gasteiger partial charge in [-0.2, -0.15) is 0 Å². The van der Waals surface area contributed by atoms with Crippen molar-refractivity contribution in [1.29, 1.82) is 0 Å². The molecule has 0 radical (unpaired) electrons. The Labute approximate surface area is 83.1 Å². The highest BCUT2D eigenvalue weighted by Gasteiger charge is 2.07. The van der Waals surface area contributed by atoms with Crippen molar-refractivity contribution >= 4 is 33.5 Å². The van der Waals surface area contributed by atoms with Crippen LogP contribution in [0.2, 0.25) is 0 Å². The number of fused-ring (bicyclic) bond motifs is 1. The number of aromatic amines is 1. The van der Waals surface area contributed by atoms with Crippen LogP contribution in [0.25, 0.3) is 10.9 Å². The van der Waals surface area contributed by atoms with E-state index in [1.54, 1.807) is 6.07 Å². The van der Waals surface area contributed by atoms with E-state index in [-0.39, 0.29) is 5.82 Å². The fourth-order valence-corrected chi connectivity index (χ4v) is 1.99. The Hall–Kier alpha value is -0.580. The standard InChI is InChI=1S/C9H7FIN/c1-5-2-3-6(10)8-7(11)4-12-9(5)8/h2-4,12H,1H3. The molecule has 12 heavy (non-hydrogen) atoms. The molecule has 0 saturated carbocycles. The largest absolute Gasteiger partial charge is 0.360 e. The quantitative estimate of drug-likeness (QED) is 0.710. The summed E-state index contributed by atoms with van der Waals surface area (Å²) in [6.07, 6.45) is 1.82. The first-order valence-corrected chi connectivity index (χ1v) is 4.69. The van der Waals surface area contributed by atoms with E-state index in [2.05, 4.69) is 27.6 Å². The summed E-state index contributed by atoms with van der Waals surface area (Å²) >= 11 is 2.12. The number of H-pyrrole nitrogens is 1. The first-order chi connectivity index (χ1) is 5.70. The smallest absolute Gasteiger partial charge is 0.133 e.